The second-order valence-electron chi connectivity index (χ2n) is 4.58. The lowest BCUT2D eigenvalue weighted by molar-refractivity contribution is -0.117. The maximum absolute atomic E-state index is 11.9. The zero-order valence-electron chi connectivity index (χ0n) is 11.4. The lowest BCUT2D eigenvalue weighted by Crippen LogP contribution is -2.35. The van der Waals surface area contributed by atoms with Gasteiger partial charge < -0.3 is 16.0 Å². The molecular formula is C14H20ClN3O2. The van der Waals surface area contributed by atoms with Gasteiger partial charge in [0.25, 0.3) is 5.91 Å². The molecule has 1 atom stereocenters. The summed E-state index contributed by atoms with van der Waals surface area (Å²) in [5, 5.41) is 8.72. The highest BCUT2D eigenvalue weighted by atomic mass is 35.5. The number of hydrogen-bond acceptors (Lipinski definition) is 3. The van der Waals surface area contributed by atoms with E-state index < -0.39 is 0 Å². The van der Waals surface area contributed by atoms with Gasteiger partial charge in [0.15, 0.2) is 0 Å². The predicted molar refractivity (Wildman–Crippen MR) is 81.4 cm³/mol. The number of amides is 2. The molecule has 2 rings (SSSR count). The van der Waals surface area contributed by atoms with Crippen molar-refractivity contribution in [1.29, 1.82) is 0 Å². The first-order valence-electron chi connectivity index (χ1n) is 6.63. The molecule has 110 valence electrons. The summed E-state index contributed by atoms with van der Waals surface area (Å²) >= 11 is 0. The molecule has 0 bridgehead atoms. The monoisotopic (exact) mass is 297 g/mol. The first-order chi connectivity index (χ1) is 9.20. The SMILES string of the molecule is CCNC(=O)c1cccc(NC(=O)C2CCCN2)c1.Cl. The molecule has 1 fully saturated rings. The van der Waals surface area contributed by atoms with Crippen molar-refractivity contribution in [3.8, 4) is 0 Å². The Balaban J connectivity index is 0.00000200. The molecule has 0 spiro atoms. The summed E-state index contributed by atoms with van der Waals surface area (Å²) in [6, 6.07) is 6.86. The van der Waals surface area contributed by atoms with Crippen molar-refractivity contribution in [3.05, 3.63) is 29.8 Å². The molecular weight excluding hydrogens is 278 g/mol. The third kappa shape index (κ3) is 4.21. The molecule has 0 saturated carbocycles. The van der Waals surface area contributed by atoms with E-state index in [0.717, 1.165) is 19.4 Å². The van der Waals surface area contributed by atoms with Gasteiger partial charge in [0.05, 0.1) is 6.04 Å². The Morgan fingerprint density at radius 3 is 2.85 bits per heavy atom. The van der Waals surface area contributed by atoms with Crippen molar-refractivity contribution in [2.75, 3.05) is 18.4 Å². The molecule has 1 heterocycles. The van der Waals surface area contributed by atoms with Gasteiger partial charge in [-0.25, -0.2) is 0 Å². The average Bonchev–Trinajstić information content (AvgIpc) is 2.93. The smallest absolute Gasteiger partial charge is 0.251 e. The van der Waals surface area contributed by atoms with E-state index in [1.54, 1.807) is 24.3 Å². The summed E-state index contributed by atoms with van der Waals surface area (Å²) in [6.45, 7) is 3.34. The average molecular weight is 298 g/mol. The standard InChI is InChI=1S/C14H19N3O2.ClH/c1-2-15-13(18)10-5-3-6-11(9-10)17-14(19)12-7-4-8-16-12;/h3,5-6,9,12,16H,2,4,7-8H2,1H3,(H,15,18)(H,17,19);1H. The Morgan fingerprint density at radius 2 is 2.20 bits per heavy atom. The van der Waals surface area contributed by atoms with Crippen LogP contribution >= 0.6 is 12.4 Å². The first-order valence-corrected chi connectivity index (χ1v) is 6.63. The van der Waals surface area contributed by atoms with Gasteiger partial charge in [-0.3, -0.25) is 9.59 Å². The number of halogens is 1. The minimum Gasteiger partial charge on any atom is -0.352 e. The number of anilines is 1. The second kappa shape index (κ2) is 7.87. The zero-order chi connectivity index (χ0) is 13.7. The van der Waals surface area contributed by atoms with Crippen molar-refractivity contribution in [1.82, 2.24) is 10.6 Å². The third-order valence-corrected chi connectivity index (χ3v) is 3.11. The van der Waals surface area contributed by atoms with E-state index in [0.29, 0.717) is 17.8 Å². The van der Waals surface area contributed by atoms with E-state index in [1.165, 1.54) is 0 Å². The van der Waals surface area contributed by atoms with Crippen LogP contribution in [0.2, 0.25) is 0 Å². The van der Waals surface area contributed by atoms with E-state index in [4.69, 9.17) is 0 Å². The van der Waals surface area contributed by atoms with Crippen molar-refractivity contribution >= 4 is 29.9 Å². The van der Waals surface area contributed by atoms with Gasteiger partial charge in [-0.1, -0.05) is 6.07 Å². The molecule has 1 aliphatic rings. The molecule has 1 aromatic rings. The highest BCUT2D eigenvalue weighted by Crippen LogP contribution is 2.13. The summed E-state index contributed by atoms with van der Waals surface area (Å²) in [5.74, 6) is -0.164. The van der Waals surface area contributed by atoms with E-state index in [-0.39, 0.29) is 30.3 Å². The van der Waals surface area contributed by atoms with Gasteiger partial charge in [-0.15, -0.1) is 12.4 Å². The molecule has 1 unspecified atom stereocenters. The van der Waals surface area contributed by atoms with Crippen molar-refractivity contribution in [2.45, 2.75) is 25.8 Å². The molecule has 3 N–H and O–H groups in total. The van der Waals surface area contributed by atoms with Crippen LogP contribution in [0.3, 0.4) is 0 Å². The van der Waals surface area contributed by atoms with E-state index in [1.807, 2.05) is 6.92 Å². The van der Waals surface area contributed by atoms with Crippen LogP contribution in [-0.2, 0) is 4.79 Å². The molecule has 1 aliphatic heterocycles. The fourth-order valence-corrected chi connectivity index (χ4v) is 2.14. The van der Waals surface area contributed by atoms with E-state index >= 15 is 0 Å². The van der Waals surface area contributed by atoms with Gasteiger partial charge in [0.1, 0.15) is 0 Å². The number of carbonyl (C=O) groups excluding carboxylic acids is 2. The van der Waals surface area contributed by atoms with Crippen molar-refractivity contribution < 1.29 is 9.59 Å². The number of hydrogen-bond donors (Lipinski definition) is 3. The van der Waals surface area contributed by atoms with Crippen LogP contribution in [0.15, 0.2) is 24.3 Å². The molecule has 2 amide bonds. The Hall–Kier alpha value is -1.59. The van der Waals surface area contributed by atoms with Crippen molar-refractivity contribution in [3.63, 3.8) is 0 Å². The van der Waals surface area contributed by atoms with Crippen LogP contribution in [0.25, 0.3) is 0 Å². The molecule has 0 aromatic heterocycles. The summed E-state index contributed by atoms with van der Waals surface area (Å²) in [7, 11) is 0. The third-order valence-electron chi connectivity index (χ3n) is 3.11. The number of rotatable bonds is 4. The summed E-state index contributed by atoms with van der Waals surface area (Å²) < 4.78 is 0. The normalized spacial score (nSPS) is 17.1. The summed E-state index contributed by atoms with van der Waals surface area (Å²) in [4.78, 5) is 23.7. The van der Waals surface area contributed by atoms with E-state index in [2.05, 4.69) is 16.0 Å². The minimum absolute atomic E-state index is 0. The van der Waals surface area contributed by atoms with Crippen LogP contribution in [0, 0.1) is 0 Å². The molecule has 20 heavy (non-hydrogen) atoms. The largest absolute Gasteiger partial charge is 0.352 e. The van der Waals surface area contributed by atoms with Crippen LogP contribution in [-0.4, -0.2) is 30.9 Å². The summed E-state index contributed by atoms with van der Waals surface area (Å²) in [6.07, 6.45) is 1.89. The lowest BCUT2D eigenvalue weighted by atomic mass is 10.1. The highest BCUT2D eigenvalue weighted by molar-refractivity contribution is 5.98. The van der Waals surface area contributed by atoms with Crippen LogP contribution in [0.1, 0.15) is 30.1 Å². The van der Waals surface area contributed by atoms with Crippen LogP contribution in [0.4, 0.5) is 5.69 Å². The molecule has 1 aromatic carbocycles. The molecule has 5 nitrogen and oxygen atoms in total. The van der Waals surface area contributed by atoms with Crippen LogP contribution < -0.4 is 16.0 Å². The number of carbonyl (C=O) groups is 2. The fraction of sp³-hybridized carbons (Fsp3) is 0.429. The Bertz CT molecular complexity index is 473. The Labute approximate surface area is 124 Å². The number of nitrogens with one attached hydrogen (secondary N) is 3. The molecule has 1 saturated heterocycles. The molecule has 0 aliphatic carbocycles. The molecule has 0 radical (unpaired) electrons. The fourth-order valence-electron chi connectivity index (χ4n) is 2.14. The van der Waals surface area contributed by atoms with Gasteiger partial charge in [-0.05, 0) is 44.5 Å². The highest BCUT2D eigenvalue weighted by Gasteiger charge is 2.21. The van der Waals surface area contributed by atoms with Gasteiger partial charge in [-0.2, -0.15) is 0 Å². The predicted octanol–water partition coefficient (Wildman–Crippen LogP) is 1.55. The quantitative estimate of drug-likeness (QED) is 0.790. The Morgan fingerprint density at radius 1 is 1.40 bits per heavy atom. The van der Waals surface area contributed by atoms with Crippen LogP contribution in [0.5, 0.6) is 0 Å². The van der Waals surface area contributed by atoms with Crippen molar-refractivity contribution in [2.24, 2.45) is 0 Å². The van der Waals surface area contributed by atoms with Gasteiger partial charge in [0, 0.05) is 17.8 Å². The maximum Gasteiger partial charge on any atom is 0.251 e. The minimum atomic E-state index is -0.127. The second-order valence-corrected chi connectivity index (χ2v) is 4.58. The summed E-state index contributed by atoms with van der Waals surface area (Å²) in [5.41, 5.74) is 1.21. The Kier molecular flexibility index (Phi) is 6.48. The first kappa shape index (κ1) is 16.5. The molecule has 6 heteroatoms. The van der Waals surface area contributed by atoms with Gasteiger partial charge >= 0.3 is 0 Å². The lowest BCUT2D eigenvalue weighted by Gasteiger charge is -2.11. The van der Waals surface area contributed by atoms with E-state index in [9.17, 15) is 9.59 Å². The maximum atomic E-state index is 11.9. The number of benzene rings is 1. The topological polar surface area (TPSA) is 70.2 Å². The van der Waals surface area contributed by atoms with Gasteiger partial charge in [0.2, 0.25) is 5.91 Å². The zero-order valence-corrected chi connectivity index (χ0v) is 12.3.